The lowest BCUT2D eigenvalue weighted by molar-refractivity contribution is 0.415. The molecular weight excluding hydrogens is 331 g/mol. The van der Waals surface area contributed by atoms with Gasteiger partial charge in [-0.05, 0) is 30.3 Å². The van der Waals surface area contributed by atoms with Crippen LogP contribution in [-0.2, 0) is 5.88 Å². The maximum Gasteiger partial charge on any atom is 0.137 e. The van der Waals surface area contributed by atoms with Gasteiger partial charge < -0.3 is 4.74 Å². The van der Waals surface area contributed by atoms with Crippen LogP contribution in [0.3, 0.4) is 0 Å². The SMILES string of the molecule is COc1ccc(-n2c(CCl)nc3c(Cl)cccc32)cc1Cl. The highest BCUT2D eigenvalue weighted by molar-refractivity contribution is 6.35. The largest absolute Gasteiger partial charge is 0.495 e. The Hall–Kier alpha value is -1.42. The predicted octanol–water partition coefficient (Wildman–Crippen LogP) is 5.08. The maximum absolute atomic E-state index is 6.21. The maximum atomic E-state index is 6.21. The third kappa shape index (κ3) is 2.46. The Kier molecular flexibility index (Phi) is 3.98. The molecule has 0 aliphatic carbocycles. The lowest BCUT2D eigenvalue weighted by Crippen LogP contribution is -1.99. The number of halogens is 3. The molecule has 1 heterocycles. The number of nitrogens with zero attached hydrogens (tertiary/aromatic N) is 2. The lowest BCUT2D eigenvalue weighted by Gasteiger charge is -2.10. The summed E-state index contributed by atoms with van der Waals surface area (Å²) in [6.45, 7) is 0. The van der Waals surface area contributed by atoms with Crippen LogP contribution in [-0.4, -0.2) is 16.7 Å². The van der Waals surface area contributed by atoms with E-state index in [1.165, 1.54) is 0 Å². The van der Waals surface area contributed by atoms with Crippen molar-refractivity contribution >= 4 is 45.8 Å². The molecule has 0 fully saturated rings. The number of aromatic nitrogens is 2. The summed E-state index contributed by atoms with van der Waals surface area (Å²) in [5.74, 6) is 1.60. The fourth-order valence-corrected chi connectivity index (χ4v) is 2.93. The minimum atomic E-state index is 0.272. The quantitative estimate of drug-likeness (QED) is 0.621. The van der Waals surface area contributed by atoms with Crippen LogP contribution in [0, 0.1) is 0 Å². The van der Waals surface area contributed by atoms with E-state index in [1.54, 1.807) is 13.2 Å². The van der Waals surface area contributed by atoms with Crippen LogP contribution < -0.4 is 4.74 Å². The van der Waals surface area contributed by atoms with Crippen molar-refractivity contribution in [3.63, 3.8) is 0 Å². The highest BCUT2D eigenvalue weighted by Gasteiger charge is 2.14. The number of alkyl halides is 1. The van der Waals surface area contributed by atoms with Crippen molar-refractivity contribution in [3.8, 4) is 11.4 Å². The van der Waals surface area contributed by atoms with Gasteiger partial charge in [-0.1, -0.05) is 29.3 Å². The molecule has 21 heavy (non-hydrogen) atoms. The molecule has 3 aromatic rings. The van der Waals surface area contributed by atoms with Crippen LogP contribution in [0.2, 0.25) is 10.0 Å². The average Bonchev–Trinajstić information content (AvgIpc) is 2.87. The Morgan fingerprint density at radius 1 is 1.14 bits per heavy atom. The second-order valence-electron chi connectivity index (χ2n) is 4.42. The highest BCUT2D eigenvalue weighted by Crippen LogP contribution is 2.31. The smallest absolute Gasteiger partial charge is 0.137 e. The summed E-state index contributed by atoms with van der Waals surface area (Å²) in [7, 11) is 1.58. The minimum Gasteiger partial charge on any atom is -0.495 e. The zero-order valence-corrected chi connectivity index (χ0v) is 13.4. The normalized spacial score (nSPS) is 11.0. The predicted molar refractivity (Wildman–Crippen MR) is 87.2 cm³/mol. The van der Waals surface area contributed by atoms with E-state index >= 15 is 0 Å². The molecule has 0 spiro atoms. The number of ether oxygens (including phenoxy) is 1. The zero-order chi connectivity index (χ0) is 15.0. The molecule has 0 bridgehead atoms. The van der Waals surface area contributed by atoms with Gasteiger partial charge in [-0.2, -0.15) is 0 Å². The summed E-state index contributed by atoms with van der Waals surface area (Å²) in [5.41, 5.74) is 2.47. The molecule has 0 aliphatic rings. The van der Waals surface area contributed by atoms with Gasteiger partial charge in [0.1, 0.15) is 17.1 Å². The Balaban J connectivity index is 2.28. The van der Waals surface area contributed by atoms with Gasteiger partial charge >= 0.3 is 0 Å². The number of hydrogen-bond donors (Lipinski definition) is 0. The molecule has 0 amide bonds. The first-order valence-electron chi connectivity index (χ1n) is 6.21. The van der Waals surface area contributed by atoms with Crippen molar-refractivity contribution in [3.05, 3.63) is 52.3 Å². The third-order valence-electron chi connectivity index (χ3n) is 3.22. The van der Waals surface area contributed by atoms with Crippen LogP contribution in [0.1, 0.15) is 5.82 Å². The fraction of sp³-hybridized carbons (Fsp3) is 0.133. The number of para-hydroxylation sites is 1. The van der Waals surface area contributed by atoms with Crippen molar-refractivity contribution in [2.75, 3.05) is 7.11 Å². The van der Waals surface area contributed by atoms with Gasteiger partial charge in [0.2, 0.25) is 0 Å². The van der Waals surface area contributed by atoms with Crippen LogP contribution in [0.5, 0.6) is 5.75 Å². The summed E-state index contributed by atoms with van der Waals surface area (Å²) in [4.78, 5) is 4.50. The van der Waals surface area contributed by atoms with Crippen LogP contribution >= 0.6 is 34.8 Å². The monoisotopic (exact) mass is 340 g/mol. The first-order chi connectivity index (χ1) is 10.2. The molecule has 3 rings (SSSR count). The van der Waals surface area contributed by atoms with Crippen molar-refractivity contribution in [1.82, 2.24) is 9.55 Å². The second-order valence-corrected chi connectivity index (χ2v) is 5.51. The van der Waals surface area contributed by atoms with Gasteiger partial charge in [-0.25, -0.2) is 4.98 Å². The number of rotatable bonds is 3. The Morgan fingerprint density at radius 3 is 2.62 bits per heavy atom. The van der Waals surface area contributed by atoms with Crippen LogP contribution in [0.15, 0.2) is 36.4 Å². The third-order valence-corrected chi connectivity index (χ3v) is 4.06. The van der Waals surface area contributed by atoms with E-state index in [9.17, 15) is 0 Å². The number of imidazole rings is 1. The molecule has 0 aliphatic heterocycles. The lowest BCUT2D eigenvalue weighted by atomic mass is 10.2. The van der Waals surface area contributed by atoms with Crippen molar-refractivity contribution < 1.29 is 4.74 Å². The summed E-state index contributed by atoms with van der Waals surface area (Å²) >= 11 is 18.4. The topological polar surface area (TPSA) is 27.1 Å². The Bertz CT molecular complexity index is 814. The second kappa shape index (κ2) is 5.76. The molecular formula is C15H11Cl3N2O. The molecule has 0 saturated carbocycles. The molecule has 1 aromatic heterocycles. The van der Waals surface area contributed by atoms with E-state index in [-0.39, 0.29) is 5.88 Å². The van der Waals surface area contributed by atoms with Crippen molar-refractivity contribution in [1.29, 1.82) is 0 Å². The minimum absolute atomic E-state index is 0.272. The van der Waals surface area contributed by atoms with Gasteiger partial charge in [-0.15, -0.1) is 11.6 Å². The molecule has 108 valence electrons. The highest BCUT2D eigenvalue weighted by atomic mass is 35.5. The molecule has 0 saturated heterocycles. The fourth-order valence-electron chi connectivity index (χ4n) is 2.29. The van der Waals surface area contributed by atoms with Gasteiger partial charge in [0, 0.05) is 5.69 Å². The van der Waals surface area contributed by atoms with Crippen molar-refractivity contribution in [2.24, 2.45) is 0 Å². The molecule has 0 atom stereocenters. The van der Waals surface area contributed by atoms with E-state index in [0.717, 1.165) is 16.7 Å². The first-order valence-corrected chi connectivity index (χ1v) is 7.50. The van der Waals surface area contributed by atoms with E-state index in [2.05, 4.69) is 4.98 Å². The molecule has 0 unspecified atom stereocenters. The van der Waals surface area contributed by atoms with Crippen molar-refractivity contribution in [2.45, 2.75) is 5.88 Å². The molecule has 2 aromatic carbocycles. The Morgan fingerprint density at radius 2 is 1.95 bits per heavy atom. The zero-order valence-electron chi connectivity index (χ0n) is 11.1. The van der Waals surface area contributed by atoms with E-state index in [0.29, 0.717) is 21.6 Å². The molecule has 0 N–H and O–H groups in total. The van der Waals surface area contributed by atoms with Gasteiger partial charge in [0.15, 0.2) is 0 Å². The van der Waals surface area contributed by atoms with E-state index in [1.807, 2.05) is 34.9 Å². The van der Waals surface area contributed by atoms with E-state index in [4.69, 9.17) is 39.5 Å². The van der Waals surface area contributed by atoms with Gasteiger partial charge in [-0.3, -0.25) is 4.57 Å². The van der Waals surface area contributed by atoms with Crippen LogP contribution in [0.25, 0.3) is 16.7 Å². The molecule has 0 radical (unpaired) electrons. The van der Waals surface area contributed by atoms with Gasteiger partial charge in [0.05, 0.1) is 28.6 Å². The summed E-state index contributed by atoms with van der Waals surface area (Å²) in [6, 6.07) is 11.2. The molecule has 6 heteroatoms. The number of fused-ring (bicyclic) bond motifs is 1. The van der Waals surface area contributed by atoms with Gasteiger partial charge in [0.25, 0.3) is 0 Å². The molecule has 3 nitrogen and oxygen atoms in total. The summed E-state index contributed by atoms with van der Waals surface area (Å²) < 4.78 is 7.12. The summed E-state index contributed by atoms with van der Waals surface area (Å²) in [5, 5.41) is 1.12. The first kappa shape index (κ1) is 14.5. The number of methoxy groups -OCH3 is 1. The standard InChI is InChI=1S/C15H11Cl3N2O/c1-21-13-6-5-9(7-11(13)18)20-12-4-2-3-10(17)15(12)19-14(20)8-16/h2-7H,8H2,1H3. The van der Waals surface area contributed by atoms with E-state index < -0.39 is 0 Å². The van der Waals surface area contributed by atoms with Crippen LogP contribution in [0.4, 0.5) is 0 Å². The summed E-state index contributed by atoms with van der Waals surface area (Å²) in [6.07, 6.45) is 0. The number of hydrogen-bond acceptors (Lipinski definition) is 2. The number of benzene rings is 2. The Labute approximate surface area is 137 Å². The average molecular weight is 342 g/mol.